The molecule has 0 radical (unpaired) electrons. The van der Waals surface area contributed by atoms with Gasteiger partial charge in [-0.25, -0.2) is 0 Å². The number of hydrogen-bond acceptors (Lipinski definition) is 2. The Bertz CT molecular complexity index is 650. The monoisotopic (exact) mass is 292 g/mol. The van der Waals surface area contributed by atoms with Gasteiger partial charge in [-0.15, -0.1) is 0 Å². The molecule has 0 atom stereocenters. The molecule has 0 unspecified atom stereocenters. The average Bonchev–Trinajstić information content (AvgIpc) is 3.07. The van der Waals surface area contributed by atoms with E-state index < -0.39 is 0 Å². The molecule has 22 heavy (non-hydrogen) atoms. The van der Waals surface area contributed by atoms with Gasteiger partial charge in [-0.05, 0) is 67.1 Å². The number of anilines is 1. The summed E-state index contributed by atoms with van der Waals surface area (Å²) in [6, 6.07) is 15.1. The Morgan fingerprint density at radius 2 is 1.77 bits per heavy atom. The maximum absolute atomic E-state index is 4.58. The largest absolute Gasteiger partial charge is 0.371 e. The van der Waals surface area contributed by atoms with E-state index in [1.807, 2.05) is 6.21 Å². The van der Waals surface area contributed by atoms with E-state index >= 15 is 0 Å². The first kappa shape index (κ1) is 14.8. The second-order valence-electron chi connectivity index (χ2n) is 6.02. The van der Waals surface area contributed by atoms with E-state index in [4.69, 9.17) is 0 Å². The van der Waals surface area contributed by atoms with Crippen molar-refractivity contribution < 1.29 is 0 Å². The number of benzene rings is 2. The van der Waals surface area contributed by atoms with Crippen LogP contribution in [0.5, 0.6) is 0 Å². The average molecular weight is 292 g/mol. The maximum atomic E-state index is 4.58. The van der Waals surface area contributed by atoms with Gasteiger partial charge in [0, 0.05) is 25.0 Å². The number of rotatable bonds is 4. The van der Waals surface area contributed by atoms with Gasteiger partial charge in [0.05, 0.1) is 5.69 Å². The van der Waals surface area contributed by atoms with E-state index in [1.165, 1.54) is 48.3 Å². The van der Waals surface area contributed by atoms with Crippen LogP contribution in [0.1, 0.15) is 36.5 Å². The summed E-state index contributed by atoms with van der Waals surface area (Å²) in [5.41, 5.74) is 6.25. The topological polar surface area (TPSA) is 15.6 Å². The molecule has 1 saturated heterocycles. The van der Waals surface area contributed by atoms with Crippen molar-refractivity contribution in [2.24, 2.45) is 4.99 Å². The molecule has 114 valence electrons. The summed E-state index contributed by atoms with van der Waals surface area (Å²) >= 11 is 0. The van der Waals surface area contributed by atoms with Gasteiger partial charge < -0.3 is 4.90 Å². The van der Waals surface area contributed by atoms with Gasteiger partial charge in [0.15, 0.2) is 0 Å². The van der Waals surface area contributed by atoms with Crippen LogP contribution in [-0.2, 0) is 6.42 Å². The molecule has 0 aliphatic carbocycles. The zero-order chi connectivity index (χ0) is 15.4. The van der Waals surface area contributed by atoms with Crippen LogP contribution in [0, 0.1) is 6.92 Å². The van der Waals surface area contributed by atoms with Crippen molar-refractivity contribution in [2.45, 2.75) is 33.1 Å². The fraction of sp³-hybridized carbons (Fsp3) is 0.350. The second-order valence-corrected chi connectivity index (χ2v) is 6.02. The lowest BCUT2D eigenvalue weighted by Crippen LogP contribution is -2.18. The third kappa shape index (κ3) is 3.38. The first-order valence-corrected chi connectivity index (χ1v) is 8.25. The van der Waals surface area contributed by atoms with Gasteiger partial charge in [-0.3, -0.25) is 4.99 Å². The molecule has 0 aromatic heterocycles. The summed E-state index contributed by atoms with van der Waals surface area (Å²) in [4.78, 5) is 7.07. The highest BCUT2D eigenvalue weighted by Crippen LogP contribution is 2.25. The lowest BCUT2D eigenvalue weighted by molar-refractivity contribution is 0.949. The van der Waals surface area contributed by atoms with Crippen LogP contribution in [-0.4, -0.2) is 19.3 Å². The highest BCUT2D eigenvalue weighted by atomic mass is 15.1. The van der Waals surface area contributed by atoms with Crippen LogP contribution in [0.2, 0.25) is 0 Å². The van der Waals surface area contributed by atoms with E-state index in [9.17, 15) is 0 Å². The Morgan fingerprint density at radius 3 is 2.41 bits per heavy atom. The standard InChI is InChI=1S/C20H24N2/c1-3-17-6-9-19(10-7-17)21-15-18-8-11-20(16(2)14-18)22-12-4-5-13-22/h6-11,14-15H,3-5,12-13H2,1-2H3. The summed E-state index contributed by atoms with van der Waals surface area (Å²) < 4.78 is 0. The predicted octanol–water partition coefficient (Wildman–Crippen LogP) is 4.91. The van der Waals surface area contributed by atoms with Gasteiger partial charge in [-0.1, -0.05) is 25.1 Å². The Morgan fingerprint density at radius 1 is 1.05 bits per heavy atom. The van der Waals surface area contributed by atoms with E-state index in [2.05, 4.69) is 66.2 Å². The van der Waals surface area contributed by atoms with Crippen molar-refractivity contribution in [3.63, 3.8) is 0 Å². The number of aryl methyl sites for hydroxylation is 2. The smallest absolute Gasteiger partial charge is 0.0630 e. The second kappa shape index (κ2) is 6.78. The Balaban J connectivity index is 1.74. The predicted molar refractivity (Wildman–Crippen MR) is 95.7 cm³/mol. The minimum atomic E-state index is 1.01. The summed E-state index contributed by atoms with van der Waals surface area (Å²) in [6.07, 6.45) is 5.66. The SMILES string of the molecule is CCc1ccc(N=Cc2ccc(N3CCCC3)c(C)c2)cc1. The first-order chi connectivity index (χ1) is 10.8. The van der Waals surface area contributed by atoms with E-state index in [-0.39, 0.29) is 0 Å². The van der Waals surface area contributed by atoms with E-state index in [0.29, 0.717) is 0 Å². The molecule has 3 rings (SSSR count). The lowest BCUT2D eigenvalue weighted by Gasteiger charge is -2.20. The highest BCUT2D eigenvalue weighted by molar-refractivity contribution is 5.83. The van der Waals surface area contributed by atoms with E-state index in [1.54, 1.807) is 0 Å². The van der Waals surface area contributed by atoms with E-state index in [0.717, 1.165) is 12.1 Å². The van der Waals surface area contributed by atoms with Crippen molar-refractivity contribution in [2.75, 3.05) is 18.0 Å². The van der Waals surface area contributed by atoms with Gasteiger partial charge in [0.25, 0.3) is 0 Å². The first-order valence-electron chi connectivity index (χ1n) is 8.25. The summed E-state index contributed by atoms with van der Waals surface area (Å²) in [6.45, 7) is 6.75. The Hall–Kier alpha value is -2.09. The van der Waals surface area contributed by atoms with Crippen LogP contribution >= 0.6 is 0 Å². The van der Waals surface area contributed by atoms with Crippen LogP contribution in [0.25, 0.3) is 0 Å². The number of nitrogens with zero attached hydrogens (tertiary/aromatic N) is 2. The molecule has 1 aliphatic heterocycles. The molecule has 2 aromatic carbocycles. The summed E-state index contributed by atoms with van der Waals surface area (Å²) in [7, 11) is 0. The number of aliphatic imine (C=N–C) groups is 1. The minimum Gasteiger partial charge on any atom is -0.371 e. The molecule has 0 saturated carbocycles. The molecule has 0 N–H and O–H groups in total. The fourth-order valence-corrected chi connectivity index (χ4v) is 3.04. The zero-order valence-corrected chi connectivity index (χ0v) is 13.5. The lowest BCUT2D eigenvalue weighted by atomic mass is 10.1. The summed E-state index contributed by atoms with van der Waals surface area (Å²) in [5.74, 6) is 0. The van der Waals surface area contributed by atoms with Crippen molar-refractivity contribution in [1.82, 2.24) is 0 Å². The zero-order valence-electron chi connectivity index (χ0n) is 13.5. The molecular weight excluding hydrogens is 268 g/mol. The quantitative estimate of drug-likeness (QED) is 0.731. The minimum absolute atomic E-state index is 1.01. The van der Waals surface area contributed by atoms with Crippen LogP contribution < -0.4 is 4.90 Å². The third-order valence-electron chi connectivity index (χ3n) is 4.37. The third-order valence-corrected chi connectivity index (χ3v) is 4.37. The number of hydrogen-bond donors (Lipinski definition) is 0. The molecule has 1 heterocycles. The molecule has 2 aromatic rings. The van der Waals surface area contributed by atoms with Crippen LogP contribution in [0.4, 0.5) is 11.4 Å². The molecule has 1 aliphatic rings. The fourth-order valence-electron chi connectivity index (χ4n) is 3.04. The maximum Gasteiger partial charge on any atom is 0.0630 e. The van der Waals surface area contributed by atoms with Gasteiger partial charge in [0.1, 0.15) is 0 Å². The van der Waals surface area contributed by atoms with Gasteiger partial charge in [0.2, 0.25) is 0 Å². The van der Waals surface area contributed by atoms with Crippen LogP contribution in [0.3, 0.4) is 0 Å². The molecule has 1 fully saturated rings. The summed E-state index contributed by atoms with van der Waals surface area (Å²) in [5, 5.41) is 0. The molecule has 2 heteroatoms. The molecule has 0 amide bonds. The van der Waals surface area contributed by atoms with Crippen molar-refractivity contribution in [1.29, 1.82) is 0 Å². The van der Waals surface area contributed by atoms with Gasteiger partial charge >= 0.3 is 0 Å². The van der Waals surface area contributed by atoms with Crippen molar-refractivity contribution in [3.8, 4) is 0 Å². The normalized spacial score (nSPS) is 14.9. The Labute approximate surface area is 133 Å². The molecule has 0 spiro atoms. The molecule has 2 nitrogen and oxygen atoms in total. The highest BCUT2D eigenvalue weighted by Gasteiger charge is 2.13. The molecule has 0 bridgehead atoms. The van der Waals surface area contributed by atoms with Crippen molar-refractivity contribution >= 4 is 17.6 Å². The molecular formula is C20H24N2. The van der Waals surface area contributed by atoms with Gasteiger partial charge in [-0.2, -0.15) is 0 Å². The van der Waals surface area contributed by atoms with Crippen molar-refractivity contribution in [3.05, 3.63) is 59.2 Å². The van der Waals surface area contributed by atoms with Crippen LogP contribution in [0.15, 0.2) is 47.5 Å². The Kier molecular flexibility index (Phi) is 4.57.